The first-order chi connectivity index (χ1) is 7.54. The van der Waals surface area contributed by atoms with Gasteiger partial charge >= 0.3 is 5.97 Å². The molecule has 0 radical (unpaired) electrons. The molecule has 1 rings (SSSR count). The van der Waals surface area contributed by atoms with E-state index in [1.54, 1.807) is 7.05 Å². The Balaban J connectivity index is 2.42. The normalized spacial score (nSPS) is 31.6. The number of nitrogens with one attached hydrogen (secondary N) is 1. The van der Waals surface area contributed by atoms with E-state index in [2.05, 4.69) is 19.2 Å². The van der Waals surface area contributed by atoms with Gasteiger partial charge in [-0.2, -0.15) is 11.8 Å². The summed E-state index contributed by atoms with van der Waals surface area (Å²) in [6.45, 7) is 4.46. The molecule has 0 aliphatic heterocycles. The maximum Gasteiger partial charge on any atom is 0.323 e. The topological polar surface area (TPSA) is 49.3 Å². The van der Waals surface area contributed by atoms with Gasteiger partial charge in [0, 0.05) is 5.25 Å². The molecule has 0 aromatic heterocycles. The quantitative estimate of drug-likeness (QED) is 0.754. The van der Waals surface area contributed by atoms with Crippen LogP contribution in [0.5, 0.6) is 0 Å². The van der Waals surface area contributed by atoms with Crippen molar-refractivity contribution in [2.45, 2.75) is 50.3 Å². The summed E-state index contributed by atoms with van der Waals surface area (Å²) < 4.78 is 0. The Morgan fingerprint density at radius 3 is 2.81 bits per heavy atom. The third kappa shape index (κ3) is 3.14. The van der Waals surface area contributed by atoms with Gasteiger partial charge in [-0.05, 0) is 38.0 Å². The monoisotopic (exact) mass is 245 g/mol. The van der Waals surface area contributed by atoms with E-state index in [-0.39, 0.29) is 0 Å². The fraction of sp³-hybridized carbons (Fsp3) is 0.917. The number of carboxylic acid groups (broad SMARTS) is 1. The minimum atomic E-state index is -0.693. The third-order valence-electron chi connectivity index (χ3n) is 3.67. The number of hydrogen-bond acceptors (Lipinski definition) is 3. The van der Waals surface area contributed by atoms with Crippen molar-refractivity contribution in [1.29, 1.82) is 0 Å². The van der Waals surface area contributed by atoms with Gasteiger partial charge in [-0.15, -0.1) is 0 Å². The van der Waals surface area contributed by atoms with E-state index in [0.717, 1.165) is 30.9 Å². The molecule has 3 nitrogen and oxygen atoms in total. The van der Waals surface area contributed by atoms with Crippen molar-refractivity contribution in [3.05, 3.63) is 0 Å². The molecule has 3 unspecified atom stereocenters. The van der Waals surface area contributed by atoms with Crippen LogP contribution in [0.15, 0.2) is 0 Å². The largest absolute Gasteiger partial charge is 0.480 e. The molecule has 16 heavy (non-hydrogen) atoms. The summed E-state index contributed by atoms with van der Waals surface area (Å²) in [5, 5.41) is 12.7. The van der Waals surface area contributed by atoms with Gasteiger partial charge in [0.2, 0.25) is 0 Å². The maximum absolute atomic E-state index is 11.2. The van der Waals surface area contributed by atoms with Crippen molar-refractivity contribution in [3.8, 4) is 0 Å². The van der Waals surface area contributed by atoms with Crippen molar-refractivity contribution in [3.63, 3.8) is 0 Å². The van der Waals surface area contributed by atoms with Crippen LogP contribution in [0.3, 0.4) is 0 Å². The van der Waals surface area contributed by atoms with Crippen LogP contribution >= 0.6 is 11.8 Å². The predicted molar refractivity (Wildman–Crippen MR) is 69.0 cm³/mol. The fourth-order valence-electron chi connectivity index (χ4n) is 2.09. The first-order valence-electron chi connectivity index (χ1n) is 6.08. The molecule has 0 aromatic carbocycles. The van der Waals surface area contributed by atoms with Gasteiger partial charge in [0.15, 0.2) is 0 Å². The lowest BCUT2D eigenvalue weighted by Gasteiger charge is -2.23. The van der Waals surface area contributed by atoms with Crippen molar-refractivity contribution >= 4 is 17.7 Å². The van der Waals surface area contributed by atoms with Crippen LogP contribution in [0.2, 0.25) is 0 Å². The van der Waals surface area contributed by atoms with Crippen molar-refractivity contribution in [1.82, 2.24) is 5.32 Å². The van der Waals surface area contributed by atoms with Gasteiger partial charge in [-0.25, -0.2) is 0 Å². The molecule has 1 saturated carbocycles. The van der Waals surface area contributed by atoms with E-state index in [1.165, 1.54) is 6.42 Å². The number of thioether (sulfide) groups is 1. The average Bonchev–Trinajstić information content (AvgIpc) is 2.70. The van der Waals surface area contributed by atoms with Crippen molar-refractivity contribution in [2.24, 2.45) is 5.92 Å². The van der Waals surface area contributed by atoms with Gasteiger partial charge < -0.3 is 10.4 Å². The summed E-state index contributed by atoms with van der Waals surface area (Å²) in [6.07, 6.45) is 3.75. The van der Waals surface area contributed by atoms with Crippen LogP contribution in [0.1, 0.15) is 39.5 Å². The van der Waals surface area contributed by atoms with E-state index in [1.807, 2.05) is 11.8 Å². The Labute approximate surface area is 102 Å². The van der Waals surface area contributed by atoms with Crippen LogP contribution in [0.4, 0.5) is 0 Å². The molecule has 2 N–H and O–H groups in total. The SMILES string of the molecule is CCC(C)CSC1CCC(NC)(C(=O)O)C1. The smallest absolute Gasteiger partial charge is 0.323 e. The minimum Gasteiger partial charge on any atom is -0.480 e. The molecule has 94 valence electrons. The lowest BCUT2D eigenvalue weighted by atomic mass is 9.99. The number of carboxylic acids is 1. The summed E-state index contributed by atoms with van der Waals surface area (Å²) in [5.41, 5.74) is -0.660. The standard InChI is InChI=1S/C12H23NO2S/c1-4-9(2)8-16-10-5-6-12(7-10,13-3)11(14)15/h9-10,13H,4-8H2,1-3H3,(H,14,15). The zero-order chi connectivity index (χ0) is 12.2. The molecule has 0 heterocycles. The van der Waals surface area contributed by atoms with E-state index < -0.39 is 11.5 Å². The predicted octanol–water partition coefficient (Wildman–Crippen LogP) is 2.36. The first kappa shape index (κ1) is 13.8. The summed E-state index contributed by atoms with van der Waals surface area (Å²) in [6, 6.07) is 0. The van der Waals surface area contributed by atoms with Gasteiger partial charge in [0.25, 0.3) is 0 Å². The molecule has 1 aliphatic rings. The molecule has 1 fully saturated rings. The highest BCUT2D eigenvalue weighted by Crippen LogP contribution is 2.37. The summed E-state index contributed by atoms with van der Waals surface area (Å²) in [4.78, 5) is 11.2. The zero-order valence-electron chi connectivity index (χ0n) is 10.5. The van der Waals surface area contributed by atoms with Gasteiger partial charge in [-0.3, -0.25) is 4.79 Å². The van der Waals surface area contributed by atoms with E-state index in [4.69, 9.17) is 0 Å². The van der Waals surface area contributed by atoms with E-state index >= 15 is 0 Å². The van der Waals surface area contributed by atoms with Gasteiger partial charge in [-0.1, -0.05) is 20.3 Å². The second-order valence-corrected chi connectivity index (χ2v) is 6.18. The summed E-state index contributed by atoms with van der Waals surface area (Å²) in [5.74, 6) is 1.20. The zero-order valence-corrected chi connectivity index (χ0v) is 11.3. The van der Waals surface area contributed by atoms with Crippen LogP contribution < -0.4 is 5.32 Å². The summed E-state index contributed by atoms with van der Waals surface area (Å²) >= 11 is 1.95. The molecular formula is C12H23NO2S. The number of rotatable bonds is 6. The molecule has 3 atom stereocenters. The average molecular weight is 245 g/mol. The molecule has 0 bridgehead atoms. The van der Waals surface area contributed by atoms with Gasteiger partial charge in [0.1, 0.15) is 5.54 Å². The number of hydrogen-bond donors (Lipinski definition) is 2. The first-order valence-corrected chi connectivity index (χ1v) is 7.13. The van der Waals surface area contributed by atoms with E-state index in [0.29, 0.717) is 5.25 Å². The van der Waals surface area contributed by atoms with Crippen LogP contribution in [0, 0.1) is 5.92 Å². The molecule has 4 heteroatoms. The Hall–Kier alpha value is -0.220. The molecule has 0 amide bonds. The Morgan fingerprint density at radius 1 is 1.69 bits per heavy atom. The Morgan fingerprint density at radius 2 is 2.38 bits per heavy atom. The second-order valence-electron chi connectivity index (χ2n) is 4.85. The molecule has 1 aliphatic carbocycles. The number of aliphatic carboxylic acids is 1. The van der Waals surface area contributed by atoms with Crippen LogP contribution in [0.25, 0.3) is 0 Å². The lowest BCUT2D eigenvalue weighted by Crippen LogP contribution is -2.48. The highest BCUT2D eigenvalue weighted by Gasteiger charge is 2.44. The third-order valence-corrected chi connectivity index (χ3v) is 5.31. The van der Waals surface area contributed by atoms with Crippen LogP contribution in [-0.4, -0.2) is 34.7 Å². The fourth-order valence-corrected chi connectivity index (χ4v) is 3.61. The lowest BCUT2D eigenvalue weighted by molar-refractivity contribution is -0.144. The van der Waals surface area contributed by atoms with Gasteiger partial charge in [0.05, 0.1) is 0 Å². The second kappa shape index (κ2) is 5.92. The number of carbonyl (C=O) groups is 1. The Kier molecular flexibility index (Phi) is 5.12. The molecule has 0 spiro atoms. The highest BCUT2D eigenvalue weighted by atomic mass is 32.2. The van der Waals surface area contributed by atoms with E-state index in [9.17, 15) is 9.90 Å². The summed E-state index contributed by atoms with van der Waals surface area (Å²) in [7, 11) is 1.76. The van der Waals surface area contributed by atoms with Crippen molar-refractivity contribution < 1.29 is 9.90 Å². The molecular weight excluding hydrogens is 222 g/mol. The Bertz CT molecular complexity index is 247. The molecule has 0 saturated heterocycles. The molecule has 0 aromatic rings. The van der Waals surface area contributed by atoms with Crippen LogP contribution in [-0.2, 0) is 4.79 Å². The minimum absolute atomic E-state index is 0.512. The maximum atomic E-state index is 11.2. The number of likely N-dealkylation sites (N-methyl/N-ethyl adjacent to an activating group) is 1. The van der Waals surface area contributed by atoms with Crippen molar-refractivity contribution in [2.75, 3.05) is 12.8 Å². The highest BCUT2D eigenvalue weighted by molar-refractivity contribution is 7.99.